The zero-order valence-electron chi connectivity index (χ0n) is 17.7. The van der Waals surface area contributed by atoms with Crippen LogP contribution in [0.3, 0.4) is 0 Å². The van der Waals surface area contributed by atoms with Gasteiger partial charge in [0.2, 0.25) is 5.91 Å². The van der Waals surface area contributed by atoms with Gasteiger partial charge < -0.3 is 24.6 Å². The maximum atomic E-state index is 12.8. The lowest BCUT2D eigenvalue weighted by Crippen LogP contribution is -2.54. The van der Waals surface area contributed by atoms with Crippen molar-refractivity contribution in [1.29, 1.82) is 0 Å². The number of benzene rings is 2. The lowest BCUT2D eigenvalue weighted by Gasteiger charge is -2.41. The quantitative estimate of drug-likeness (QED) is 0.605. The van der Waals surface area contributed by atoms with Crippen molar-refractivity contribution >= 4 is 23.3 Å². The maximum Gasteiger partial charge on any atom is 0.315 e. The largest absolute Gasteiger partial charge is 0.493 e. The summed E-state index contributed by atoms with van der Waals surface area (Å²) in [5.74, 6) is 1.42. The first-order valence-electron chi connectivity index (χ1n) is 10.9. The normalized spacial score (nSPS) is 19.9. The number of nitrogens with one attached hydrogen (secondary N) is 1. The van der Waals surface area contributed by atoms with Crippen LogP contribution in [0.4, 0.5) is 11.4 Å². The Labute approximate surface area is 181 Å². The molecule has 5 rings (SSSR count). The third-order valence-corrected chi connectivity index (χ3v) is 6.27. The summed E-state index contributed by atoms with van der Waals surface area (Å²) >= 11 is 0. The standard InChI is InChI=1S/C24H27N3O4/c1-16-15-26(8-9-27(16)20-6-7-21-17(11-20)3-2-10-30-21)23(28)14-25-19-5-4-18-12-24(29)31-22(18)13-19/h4-7,11,13,16,25H,2-3,8-10,12,14-15H2,1H3/t16-/m1/s1. The minimum atomic E-state index is -0.235. The lowest BCUT2D eigenvalue weighted by molar-refractivity contribution is -0.132. The number of hydrogen-bond donors (Lipinski definition) is 1. The third kappa shape index (κ3) is 4.04. The Hall–Kier alpha value is -3.22. The van der Waals surface area contributed by atoms with Crippen LogP contribution in [0.15, 0.2) is 36.4 Å². The molecule has 1 N–H and O–H groups in total. The summed E-state index contributed by atoms with van der Waals surface area (Å²) in [6.07, 6.45) is 2.44. The summed E-state index contributed by atoms with van der Waals surface area (Å²) in [7, 11) is 0. The van der Waals surface area contributed by atoms with Crippen molar-refractivity contribution in [2.75, 3.05) is 43.0 Å². The third-order valence-electron chi connectivity index (χ3n) is 6.27. The smallest absolute Gasteiger partial charge is 0.315 e. The summed E-state index contributed by atoms with van der Waals surface area (Å²) in [6, 6.07) is 12.2. The molecular weight excluding hydrogens is 394 g/mol. The number of hydrogen-bond acceptors (Lipinski definition) is 6. The molecular formula is C24H27N3O4. The molecule has 162 valence electrons. The van der Waals surface area contributed by atoms with Gasteiger partial charge in [-0.15, -0.1) is 0 Å². The average Bonchev–Trinajstić information content (AvgIpc) is 3.16. The van der Waals surface area contributed by atoms with Gasteiger partial charge in [0.05, 0.1) is 19.6 Å². The van der Waals surface area contributed by atoms with Crippen molar-refractivity contribution < 1.29 is 19.1 Å². The molecule has 1 fully saturated rings. The fraction of sp³-hybridized carbons (Fsp3) is 0.417. The molecule has 0 spiro atoms. The van der Waals surface area contributed by atoms with Gasteiger partial charge in [-0.05, 0) is 49.6 Å². The molecule has 31 heavy (non-hydrogen) atoms. The van der Waals surface area contributed by atoms with Gasteiger partial charge >= 0.3 is 5.97 Å². The molecule has 3 heterocycles. The first kappa shape index (κ1) is 19.7. The van der Waals surface area contributed by atoms with Crippen molar-refractivity contribution in [2.45, 2.75) is 32.2 Å². The number of fused-ring (bicyclic) bond motifs is 2. The highest BCUT2D eigenvalue weighted by molar-refractivity contribution is 5.83. The van der Waals surface area contributed by atoms with Crippen LogP contribution in [0.5, 0.6) is 11.5 Å². The van der Waals surface area contributed by atoms with Crippen LogP contribution in [-0.4, -0.2) is 55.6 Å². The van der Waals surface area contributed by atoms with E-state index in [1.165, 1.54) is 11.3 Å². The second-order valence-electron chi connectivity index (χ2n) is 8.45. The molecule has 0 radical (unpaired) electrons. The second-order valence-corrected chi connectivity index (χ2v) is 8.45. The van der Waals surface area contributed by atoms with Crippen molar-refractivity contribution in [3.63, 3.8) is 0 Å². The van der Waals surface area contributed by atoms with Gasteiger partial charge in [-0.2, -0.15) is 0 Å². The molecule has 0 bridgehead atoms. The van der Waals surface area contributed by atoms with E-state index in [2.05, 4.69) is 35.3 Å². The van der Waals surface area contributed by atoms with Gasteiger partial charge in [-0.25, -0.2) is 0 Å². The fourth-order valence-electron chi connectivity index (χ4n) is 4.60. The molecule has 2 aromatic rings. The van der Waals surface area contributed by atoms with Crippen LogP contribution in [0, 0.1) is 0 Å². The number of rotatable bonds is 4. The Morgan fingerprint density at radius 1 is 1.13 bits per heavy atom. The van der Waals surface area contributed by atoms with Gasteiger partial charge in [0.15, 0.2) is 0 Å². The van der Waals surface area contributed by atoms with Crippen molar-refractivity contribution in [1.82, 2.24) is 4.90 Å². The van der Waals surface area contributed by atoms with E-state index < -0.39 is 0 Å². The van der Waals surface area contributed by atoms with Crippen molar-refractivity contribution in [3.05, 3.63) is 47.5 Å². The van der Waals surface area contributed by atoms with E-state index in [4.69, 9.17) is 9.47 Å². The average molecular weight is 421 g/mol. The number of esters is 1. The first-order valence-corrected chi connectivity index (χ1v) is 10.9. The minimum absolute atomic E-state index is 0.0721. The van der Waals surface area contributed by atoms with Crippen LogP contribution < -0.4 is 19.7 Å². The number of carbonyl (C=O) groups excluding carboxylic acids is 2. The highest BCUT2D eigenvalue weighted by Gasteiger charge is 2.27. The fourth-order valence-corrected chi connectivity index (χ4v) is 4.60. The number of ether oxygens (including phenoxy) is 2. The van der Waals surface area contributed by atoms with E-state index in [-0.39, 0.29) is 24.5 Å². The molecule has 1 amide bonds. The molecule has 1 saturated heterocycles. The number of anilines is 2. The summed E-state index contributed by atoms with van der Waals surface area (Å²) in [6.45, 7) is 5.37. The van der Waals surface area contributed by atoms with Gasteiger partial charge in [0, 0.05) is 48.7 Å². The molecule has 7 nitrogen and oxygen atoms in total. The minimum Gasteiger partial charge on any atom is -0.493 e. The zero-order chi connectivity index (χ0) is 21.4. The Kier molecular flexibility index (Phi) is 5.18. The van der Waals surface area contributed by atoms with Crippen LogP contribution in [0.25, 0.3) is 0 Å². The van der Waals surface area contributed by atoms with Gasteiger partial charge in [0.25, 0.3) is 0 Å². The topological polar surface area (TPSA) is 71.1 Å². The molecule has 0 saturated carbocycles. The summed E-state index contributed by atoms with van der Waals surface area (Å²) in [5.41, 5.74) is 4.15. The van der Waals surface area contributed by atoms with E-state index in [0.29, 0.717) is 25.3 Å². The molecule has 7 heteroatoms. The highest BCUT2D eigenvalue weighted by atomic mass is 16.5. The summed E-state index contributed by atoms with van der Waals surface area (Å²) in [4.78, 5) is 28.5. The molecule has 0 aromatic heterocycles. The van der Waals surface area contributed by atoms with Crippen LogP contribution >= 0.6 is 0 Å². The second kappa shape index (κ2) is 8.13. The Morgan fingerprint density at radius 3 is 2.90 bits per heavy atom. The molecule has 0 aliphatic carbocycles. The van der Waals surface area contributed by atoms with E-state index in [1.54, 1.807) is 6.07 Å². The van der Waals surface area contributed by atoms with E-state index in [9.17, 15) is 9.59 Å². The van der Waals surface area contributed by atoms with Gasteiger partial charge in [-0.1, -0.05) is 6.07 Å². The SMILES string of the molecule is C[C@@H]1CN(C(=O)CNc2ccc3c(c2)OC(=O)C3)CCN1c1ccc2c(c1)CCCO2. The number of aryl methyl sites for hydroxylation is 1. The lowest BCUT2D eigenvalue weighted by atomic mass is 10.0. The van der Waals surface area contributed by atoms with Crippen molar-refractivity contribution in [2.24, 2.45) is 0 Å². The van der Waals surface area contributed by atoms with Crippen LogP contribution in [0.1, 0.15) is 24.5 Å². The Bertz CT molecular complexity index is 1020. The van der Waals surface area contributed by atoms with Gasteiger partial charge in [0.1, 0.15) is 11.5 Å². The number of amides is 1. The summed E-state index contributed by atoms with van der Waals surface area (Å²) < 4.78 is 10.9. The Morgan fingerprint density at radius 2 is 2.03 bits per heavy atom. The predicted molar refractivity (Wildman–Crippen MR) is 118 cm³/mol. The molecule has 3 aliphatic rings. The van der Waals surface area contributed by atoms with Crippen LogP contribution in [0.2, 0.25) is 0 Å². The first-order chi connectivity index (χ1) is 15.1. The zero-order valence-corrected chi connectivity index (χ0v) is 17.7. The van der Waals surface area contributed by atoms with E-state index in [1.807, 2.05) is 17.0 Å². The van der Waals surface area contributed by atoms with Crippen LogP contribution in [-0.2, 0) is 22.4 Å². The van der Waals surface area contributed by atoms with Crippen molar-refractivity contribution in [3.8, 4) is 11.5 Å². The molecule has 3 aliphatic heterocycles. The number of carbonyl (C=O) groups is 2. The Balaban J connectivity index is 1.17. The van der Waals surface area contributed by atoms with Gasteiger partial charge in [-0.3, -0.25) is 9.59 Å². The monoisotopic (exact) mass is 421 g/mol. The maximum absolute atomic E-state index is 12.8. The predicted octanol–water partition coefficient (Wildman–Crippen LogP) is 2.62. The number of nitrogens with zero attached hydrogens (tertiary/aromatic N) is 2. The molecule has 0 unspecified atom stereocenters. The van der Waals surface area contributed by atoms with E-state index >= 15 is 0 Å². The highest BCUT2D eigenvalue weighted by Crippen LogP contribution is 2.31. The summed E-state index contributed by atoms with van der Waals surface area (Å²) in [5, 5.41) is 3.17. The molecule has 2 aromatic carbocycles. The van der Waals surface area contributed by atoms with E-state index in [0.717, 1.165) is 43.0 Å². The number of piperazine rings is 1. The molecule has 1 atom stereocenters.